The van der Waals surface area contributed by atoms with E-state index in [4.69, 9.17) is 0 Å². The van der Waals surface area contributed by atoms with Gasteiger partial charge in [0, 0.05) is 0 Å². The van der Waals surface area contributed by atoms with Gasteiger partial charge in [0.25, 0.3) is 0 Å². The Hall–Kier alpha value is -2.43. The van der Waals surface area contributed by atoms with Crippen LogP contribution in [-0.2, 0) is 10.0 Å². The molecule has 0 amide bonds. The minimum atomic E-state index is -3.58. The summed E-state index contributed by atoms with van der Waals surface area (Å²) in [6, 6.07) is 26.6. The SMILES string of the molecule is Cc1ccc(S(=O)(=O)N2[C@H](c3ccccc3)C[C@H]2c2ccccc2)cc1. The summed E-state index contributed by atoms with van der Waals surface area (Å²) in [5.74, 6) is 0. The lowest BCUT2D eigenvalue weighted by atomic mass is 9.86. The van der Waals surface area contributed by atoms with Gasteiger partial charge in [-0.25, -0.2) is 8.42 Å². The van der Waals surface area contributed by atoms with E-state index in [-0.39, 0.29) is 12.1 Å². The van der Waals surface area contributed by atoms with Crippen LogP contribution in [0.25, 0.3) is 0 Å². The molecule has 0 saturated carbocycles. The number of rotatable bonds is 4. The Kier molecular flexibility index (Phi) is 4.39. The maximum atomic E-state index is 13.4. The third-order valence-electron chi connectivity index (χ3n) is 5.03. The molecule has 1 fully saturated rings. The van der Waals surface area contributed by atoms with E-state index in [0.29, 0.717) is 4.90 Å². The topological polar surface area (TPSA) is 37.4 Å². The number of hydrogen-bond donors (Lipinski definition) is 0. The fourth-order valence-electron chi connectivity index (χ4n) is 3.58. The van der Waals surface area contributed by atoms with E-state index in [1.807, 2.05) is 79.7 Å². The Labute approximate surface area is 155 Å². The molecule has 1 heterocycles. The van der Waals surface area contributed by atoms with E-state index in [1.54, 1.807) is 16.4 Å². The van der Waals surface area contributed by atoms with E-state index < -0.39 is 10.0 Å². The Bertz CT molecular complexity index is 938. The molecule has 4 rings (SSSR count). The standard InChI is InChI=1S/C22H21NO2S/c1-17-12-14-20(15-13-17)26(24,25)23-21(18-8-4-2-5-9-18)16-22(23)19-10-6-3-7-11-19/h2-15,21-22H,16H2,1H3/t21-,22-/m0/s1. The fraction of sp³-hybridized carbons (Fsp3) is 0.182. The summed E-state index contributed by atoms with van der Waals surface area (Å²) < 4.78 is 28.5. The second kappa shape index (κ2) is 6.71. The van der Waals surface area contributed by atoms with E-state index in [0.717, 1.165) is 23.1 Å². The van der Waals surface area contributed by atoms with Gasteiger partial charge in [-0.05, 0) is 36.6 Å². The summed E-state index contributed by atoms with van der Waals surface area (Å²) in [5.41, 5.74) is 3.12. The maximum absolute atomic E-state index is 13.4. The molecule has 0 bridgehead atoms. The van der Waals surface area contributed by atoms with Crippen LogP contribution in [0.1, 0.15) is 35.2 Å². The van der Waals surface area contributed by atoms with Gasteiger partial charge in [-0.2, -0.15) is 4.31 Å². The molecular formula is C22H21NO2S. The first-order chi connectivity index (χ1) is 12.6. The highest BCUT2D eigenvalue weighted by molar-refractivity contribution is 7.89. The largest absolute Gasteiger partial charge is 0.244 e. The van der Waals surface area contributed by atoms with E-state index in [9.17, 15) is 8.42 Å². The third kappa shape index (κ3) is 2.96. The molecule has 2 atom stereocenters. The van der Waals surface area contributed by atoms with Crippen LogP contribution in [0.5, 0.6) is 0 Å². The van der Waals surface area contributed by atoms with Gasteiger partial charge in [0.2, 0.25) is 10.0 Å². The second-order valence-corrected chi connectivity index (χ2v) is 8.58. The van der Waals surface area contributed by atoms with Gasteiger partial charge in [0.05, 0.1) is 17.0 Å². The van der Waals surface area contributed by atoms with Crippen molar-refractivity contribution in [1.29, 1.82) is 0 Å². The average molecular weight is 363 g/mol. The maximum Gasteiger partial charge on any atom is 0.244 e. The zero-order valence-corrected chi connectivity index (χ0v) is 15.4. The summed E-state index contributed by atoms with van der Waals surface area (Å²) in [6.07, 6.45) is 0.791. The molecule has 1 aliphatic heterocycles. The first-order valence-corrected chi connectivity index (χ1v) is 10.2. The van der Waals surface area contributed by atoms with Crippen LogP contribution in [0.2, 0.25) is 0 Å². The van der Waals surface area contributed by atoms with Crippen molar-refractivity contribution in [2.45, 2.75) is 30.3 Å². The molecular weight excluding hydrogens is 342 g/mol. The van der Waals surface area contributed by atoms with Crippen molar-refractivity contribution in [2.75, 3.05) is 0 Å². The second-order valence-electron chi connectivity index (χ2n) is 6.74. The molecule has 1 saturated heterocycles. The Morgan fingerprint density at radius 1 is 0.731 bits per heavy atom. The van der Waals surface area contributed by atoms with Gasteiger partial charge in [-0.3, -0.25) is 0 Å². The third-order valence-corrected chi connectivity index (χ3v) is 6.96. The molecule has 4 heteroatoms. The van der Waals surface area contributed by atoms with E-state index in [1.165, 1.54) is 0 Å². The number of nitrogens with zero attached hydrogens (tertiary/aromatic N) is 1. The highest BCUT2D eigenvalue weighted by Gasteiger charge is 2.47. The van der Waals surface area contributed by atoms with Crippen LogP contribution < -0.4 is 0 Å². The Balaban J connectivity index is 1.77. The molecule has 3 nitrogen and oxygen atoms in total. The summed E-state index contributed by atoms with van der Waals surface area (Å²) in [7, 11) is -3.58. The molecule has 132 valence electrons. The Morgan fingerprint density at radius 2 is 1.19 bits per heavy atom. The Morgan fingerprint density at radius 3 is 1.65 bits per heavy atom. The van der Waals surface area contributed by atoms with Crippen molar-refractivity contribution in [3.8, 4) is 0 Å². The van der Waals surface area contributed by atoms with Gasteiger partial charge >= 0.3 is 0 Å². The van der Waals surface area contributed by atoms with E-state index >= 15 is 0 Å². The predicted molar refractivity (Wildman–Crippen MR) is 103 cm³/mol. The van der Waals surface area contributed by atoms with Crippen molar-refractivity contribution in [3.05, 3.63) is 102 Å². The lowest BCUT2D eigenvalue weighted by Crippen LogP contribution is -2.47. The highest BCUT2D eigenvalue weighted by Crippen LogP contribution is 2.50. The quantitative estimate of drug-likeness (QED) is 0.663. The van der Waals surface area contributed by atoms with Gasteiger partial charge in [0.15, 0.2) is 0 Å². The van der Waals surface area contributed by atoms with Crippen molar-refractivity contribution in [2.24, 2.45) is 0 Å². The molecule has 26 heavy (non-hydrogen) atoms. The van der Waals surface area contributed by atoms with Crippen LogP contribution in [0.3, 0.4) is 0 Å². The number of benzene rings is 3. The molecule has 1 aliphatic rings. The summed E-state index contributed by atoms with van der Waals surface area (Å²) in [6.45, 7) is 1.96. The van der Waals surface area contributed by atoms with Crippen LogP contribution >= 0.6 is 0 Å². The van der Waals surface area contributed by atoms with Crippen molar-refractivity contribution < 1.29 is 8.42 Å². The van der Waals surface area contributed by atoms with Gasteiger partial charge in [-0.15, -0.1) is 0 Å². The summed E-state index contributed by atoms with van der Waals surface area (Å²) >= 11 is 0. The molecule has 0 spiro atoms. The minimum absolute atomic E-state index is 0.132. The summed E-state index contributed by atoms with van der Waals surface area (Å²) in [4.78, 5) is 0.352. The summed E-state index contributed by atoms with van der Waals surface area (Å²) in [5, 5.41) is 0. The minimum Gasteiger partial charge on any atom is -0.207 e. The van der Waals surface area contributed by atoms with Crippen LogP contribution in [0.4, 0.5) is 0 Å². The highest BCUT2D eigenvalue weighted by atomic mass is 32.2. The molecule has 3 aromatic rings. The van der Waals surface area contributed by atoms with Crippen LogP contribution in [0, 0.1) is 6.92 Å². The zero-order chi connectivity index (χ0) is 18.1. The number of aryl methyl sites for hydroxylation is 1. The fourth-order valence-corrected chi connectivity index (χ4v) is 5.39. The molecule has 0 unspecified atom stereocenters. The molecule has 0 N–H and O–H groups in total. The van der Waals surface area contributed by atoms with Gasteiger partial charge in [0.1, 0.15) is 0 Å². The smallest absolute Gasteiger partial charge is 0.207 e. The number of hydrogen-bond acceptors (Lipinski definition) is 2. The first-order valence-electron chi connectivity index (χ1n) is 8.77. The van der Waals surface area contributed by atoms with Crippen LogP contribution in [0.15, 0.2) is 89.8 Å². The van der Waals surface area contributed by atoms with Crippen molar-refractivity contribution >= 4 is 10.0 Å². The lowest BCUT2D eigenvalue weighted by molar-refractivity contribution is 0.111. The van der Waals surface area contributed by atoms with Gasteiger partial charge in [-0.1, -0.05) is 78.4 Å². The van der Waals surface area contributed by atoms with Crippen LogP contribution in [-0.4, -0.2) is 12.7 Å². The number of sulfonamides is 1. The lowest BCUT2D eigenvalue weighted by Gasteiger charge is -2.47. The van der Waals surface area contributed by atoms with Gasteiger partial charge < -0.3 is 0 Å². The monoisotopic (exact) mass is 363 g/mol. The normalized spacial score (nSPS) is 20.5. The average Bonchev–Trinajstić information content (AvgIpc) is 2.63. The molecule has 3 aromatic carbocycles. The van der Waals surface area contributed by atoms with Crippen molar-refractivity contribution in [1.82, 2.24) is 4.31 Å². The molecule has 0 aromatic heterocycles. The zero-order valence-electron chi connectivity index (χ0n) is 14.6. The van der Waals surface area contributed by atoms with E-state index in [2.05, 4.69) is 0 Å². The predicted octanol–water partition coefficient (Wildman–Crippen LogP) is 4.87. The first kappa shape index (κ1) is 17.0. The van der Waals surface area contributed by atoms with Crippen molar-refractivity contribution in [3.63, 3.8) is 0 Å². The molecule has 0 radical (unpaired) electrons. The molecule has 0 aliphatic carbocycles.